The number of aromatic nitrogens is 3. The molecule has 30 heavy (non-hydrogen) atoms. The topological polar surface area (TPSA) is 115 Å². The smallest absolute Gasteiger partial charge is 0.269 e. The van der Waals surface area contributed by atoms with E-state index in [-0.39, 0.29) is 17.3 Å². The predicted octanol–water partition coefficient (Wildman–Crippen LogP) is 3.68. The van der Waals surface area contributed by atoms with Crippen molar-refractivity contribution in [1.29, 1.82) is 0 Å². The number of nitro benzene ring substituents is 1. The molecule has 3 aromatic rings. The number of hydrogen-bond donors (Lipinski definition) is 1. The van der Waals surface area contributed by atoms with Crippen LogP contribution >= 0.6 is 23.4 Å². The van der Waals surface area contributed by atoms with E-state index in [4.69, 9.17) is 11.6 Å². The number of thioether (sulfide) groups is 1. The molecule has 1 N–H and O–H groups in total. The van der Waals surface area contributed by atoms with Crippen molar-refractivity contribution in [1.82, 2.24) is 20.2 Å². The first kappa shape index (κ1) is 21.5. The average Bonchev–Trinajstić information content (AvgIpc) is 3.11. The summed E-state index contributed by atoms with van der Waals surface area (Å²) in [5.41, 5.74) is 4.50. The van der Waals surface area contributed by atoms with Crippen LogP contribution in [0.5, 0.6) is 0 Å². The highest BCUT2D eigenvalue weighted by molar-refractivity contribution is 7.99. The number of amides is 1. The van der Waals surface area contributed by atoms with Gasteiger partial charge in [0.05, 0.1) is 16.4 Å². The van der Waals surface area contributed by atoms with Crippen LogP contribution < -0.4 is 5.43 Å². The third kappa shape index (κ3) is 5.22. The van der Waals surface area contributed by atoms with Crippen LogP contribution in [-0.4, -0.2) is 37.1 Å². The third-order valence-corrected chi connectivity index (χ3v) is 5.35. The van der Waals surface area contributed by atoms with Crippen LogP contribution in [0.2, 0.25) is 5.02 Å². The van der Waals surface area contributed by atoms with E-state index in [9.17, 15) is 14.9 Å². The Morgan fingerprint density at radius 1 is 1.27 bits per heavy atom. The second kappa shape index (κ2) is 9.51. The van der Waals surface area contributed by atoms with E-state index < -0.39 is 4.92 Å². The maximum Gasteiger partial charge on any atom is 0.269 e. The number of benzene rings is 2. The zero-order chi connectivity index (χ0) is 21.7. The van der Waals surface area contributed by atoms with Gasteiger partial charge in [-0.1, -0.05) is 35.5 Å². The highest BCUT2D eigenvalue weighted by Gasteiger charge is 2.13. The van der Waals surface area contributed by atoms with Crippen LogP contribution in [0.3, 0.4) is 0 Å². The molecule has 1 aromatic heterocycles. The minimum absolute atomic E-state index is 0.00666. The van der Waals surface area contributed by atoms with Crippen LogP contribution in [0, 0.1) is 10.1 Å². The predicted molar refractivity (Wildman–Crippen MR) is 116 cm³/mol. The lowest BCUT2D eigenvalue weighted by Crippen LogP contribution is -2.21. The lowest BCUT2D eigenvalue weighted by molar-refractivity contribution is -0.384. The largest absolute Gasteiger partial charge is 0.305 e. The third-order valence-electron chi connectivity index (χ3n) is 4.09. The second-order valence-electron chi connectivity index (χ2n) is 6.20. The zero-order valence-corrected chi connectivity index (χ0v) is 17.6. The number of non-ortho nitro benzene ring substituents is 1. The summed E-state index contributed by atoms with van der Waals surface area (Å²) in [5.74, 6) is 0.430. The molecule has 11 heteroatoms. The Bertz CT molecular complexity index is 1110. The first-order valence-corrected chi connectivity index (χ1v) is 10.1. The Hall–Kier alpha value is -3.24. The van der Waals surface area contributed by atoms with Crippen molar-refractivity contribution in [3.8, 4) is 11.4 Å². The highest BCUT2D eigenvalue weighted by Crippen LogP contribution is 2.24. The summed E-state index contributed by atoms with van der Waals surface area (Å²) in [4.78, 5) is 22.4. The van der Waals surface area contributed by atoms with Crippen LogP contribution in [0.15, 0.2) is 58.8 Å². The first-order valence-electron chi connectivity index (χ1n) is 8.71. The SMILES string of the molecule is CC(=NNC(=O)CSc1nnc(-c2cccc(Cl)c2)n1C)c1ccc([N+](=O)[O-])cc1. The second-order valence-corrected chi connectivity index (χ2v) is 7.58. The molecule has 2 aromatic carbocycles. The van der Waals surface area contributed by atoms with Crippen LogP contribution in [-0.2, 0) is 11.8 Å². The molecule has 0 radical (unpaired) electrons. The number of nitrogens with one attached hydrogen (secondary N) is 1. The molecule has 0 aliphatic heterocycles. The van der Waals surface area contributed by atoms with Crippen molar-refractivity contribution < 1.29 is 9.72 Å². The monoisotopic (exact) mass is 444 g/mol. The number of hydrogen-bond acceptors (Lipinski definition) is 7. The molecule has 0 unspecified atom stereocenters. The standard InChI is InChI=1S/C19H17ClN6O3S/c1-12(13-6-8-16(9-7-13)26(28)29)21-22-17(27)11-30-19-24-23-18(25(19)2)14-4-3-5-15(20)10-14/h3-10H,11H2,1-2H3,(H,22,27). The van der Waals surface area contributed by atoms with E-state index in [2.05, 4.69) is 20.7 Å². The number of rotatable bonds is 7. The van der Waals surface area contributed by atoms with Crippen LogP contribution in [0.25, 0.3) is 11.4 Å². The molecule has 0 aliphatic carbocycles. The van der Waals surface area contributed by atoms with Gasteiger partial charge in [-0.2, -0.15) is 5.10 Å². The van der Waals surface area contributed by atoms with Crippen molar-refractivity contribution >= 4 is 40.7 Å². The minimum atomic E-state index is -0.473. The van der Waals surface area contributed by atoms with Gasteiger partial charge in [-0.05, 0) is 36.8 Å². The Morgan fingerprint density at radius 2 is 2.00 bits per heavy atom. The number of nitro groups is 1. The molecule has 9 nitrogen and oxygen atoms in total. The van der Waals surface area contributed by atoms with Crippen molar-refractivity contribution in [2.75, 3.05) is 5.75 Å². The van der Waals surface area contributed by atoms with Gasteiger partial charge in [0.15, 0.2) is 11.0 Å². The summed E-state index contributed by atoms with van der Waals surface area (Å²) in [6, 6.07) is 13.2. The van der Waals surface area contributed by atoms with Gasteiger partial charge in [-0.15, -0.1) is 10.2 Å². The summed E-state index contributed by atoms with van der Waals surface area (Å²) in [6.45, 7) is 1.70. The lowest BCUT2D eigenvalue weighted by atomic mass is 10.1. The van der Waals surface area contributed by atoms with Gasteiger partial charge in [0.2, 0.25) is 0 Å². The summed E-state index contributed by atoms with van der Waals surface area (Å²) >= 11 is 7.25. The fraction of sp³-hybridized carbons (Fsp3) is 0.158. The maximum absolute atomic E-state index is 12.1. The van der Waals surface area contributed by atoms with E-state index >= 15 is 0 Å². The molecule has 0 saturated heterocycles. The Balaban J connectivity index is 1.58. The molecule has 0 spiro atoms. The number of carbonyl (C=O) groups is 1. The van der Waals surface area contributed by atoms with Gasteiger partial charge in [0, 0.05) is 29.8 Å². The molecule has 0 fully saturated rings. The van der Waals surface area contributed by atoms with E-state index in [0.29, 0.717) is 27.3 Å². The molecule has 154 valence electrons. The molecule has 1 heterocycles. The number of halogens is 1. The molecule has 0 aliphatic rings. The lowest BCUT2D eigenvalue weighted by Gasteiger charge is -2.05. The van der Waals surface area contributed by atoms with Gasteiger partial charge >= 0.3 is 0 Å². The van der Waals surface area contributed by atoms with Gasteiger partial charge in [0.1, 0.15) is 0 Å². The molecular weight excluding hydrogens is 428 g/mol. The zero-order valence-electron chi connectivity index (χ0n) is 16.1. The molecule has 0 bridgehead atoms. The van der Waals surface area contributed by atoms with Crippen molar-refractivity contribution in [3.05, 3.63) is 69.2 Å². The molecular formula is C19H17ClN6O3S. The van der Waals surface area contributed by atoms with Crippen molar-refractivity contribution in [2.24, 2.45) is 12.1 Å². The number of carbonyl (C=O) groups excluding carboxylic acids is 1. The van der Waals surface area contributed by atoms with Gasteiger partial charge in [-0.25, -0.2) is 5.43 Å². The van der Waals surface area contributed by atoms with Gasteiger partial charge < -0.3 is 4.57 Å². The molecule has 1 amide bonds. The van der Waals surface area contributed by atoms with Gasteiger partial charge in [0.25, 0.3) is 11.6 Å². The summed E-state index contributed by atoms with van der Waals surface area (Å²) < 4.78 is 1.79. The normalized spacial score (nSPS) is 11.4. The van der Waals surface area contributed by atoms with Crippen molar-refractivity contribution in [2.45, 2.75) is 12.1 Å². The van der Waals surface area contributed by atoms with Crippen molar-refractivity contribution in [3.63, 3.8) is 0 Å². The molecule has 3 rings (SSSR count). The quantitative estimate of drug-likeness (QED) is 0.257. The minimum Gasteiger partial charge on any atom is -0.305 e. The molecule has 0 saturated carbocycles. The molecule has 0 atom stereocenters. The number of hydrazone groups is 1. The Labute approximate surface area is 181 Å². The summed E-state index contributed by atoms with van der Waals surface area (Å²) in [5, 5.41) is 24.2. The highest BCUT2D eigenvalue weighted by atomic mass is 35.5. The van der Waals surface area contributed by atoms with Gasteiger partial charge in [-0.3, -0.25) is 14.9 Å². The summed E-state index contributed by atoms with van der Waals surface area (Å²) in [7, 11) is 1.81. The summed E-state index contributed by atoms with van der Waals surface area (Å²) in [6.07, 6.45) is 0. The van der Waals surface area contributed by atoms with E-state index in [1.165, 1.54) is 23.9 Å². The first-order chi connectivity index (χ1) is 14.3. The van der Waals surface area contributed by atoms with Crippen LogP contribution in [0.1, 0.15) is 12.5 Å². The fourth-order valence-corrected chi connectivity index (χ4v) is 3.41. The van der Waals surface area contributed by atoms with E-state index in [1.807, 2.05) is 19.2 Å². The average molecular weight is 445 g/mol. The number of nitrogens with zero attached hydrogens (tertiary/aromatic N) is 5. The Kier molecular flexibility index (Phi) is 6.80. The van der Waals surface area contributed by atoms with Crippen LogP contribution in [0.4, 0.5) is 5.69 Å². The van der Waals surface area contributed by atoms with E-state index in [0.717, 1.165) is 5.56 Å². The Morgan fingerprint density at radius 3 is 2.67 bits per heavy atom. The maximum atomic E-state index is 12.1. The fourth-order valence-electron chi connectivity index (χ4n) is 2.52. The van der Waals surface area contributed by atoms with E-state index in [1.54, 1.807) is 35.8 Å².